The molecule has 0 spiro atoms. The van der Waals surface area contributed by atoms with Crippen LogP contribution in [-0.4, -0.2) is 30.6 Å². The molecule has 0 atom stereocenters. The van der Waals surface area contributed by atoms with Crippen LogP contribution in [0.2, 0.25) is 0 Å². The second-order valence-corrected chi connectivity index (χ2v) is 6.61. The van der Waals surface area contributed by atoms with Crippen molar-refractivity contribution in [3.8, 4) is 0 Å². The molecule has 1 aliphatic carbocycles. The molecule has 94 valence electrons. The molecule has 0 radical (unpaired) electrons. The number of hydrogen-bond donors (Lipinski definition) is 1. The first-order valence-electron chi connectivity index (χ1n) is 7.05. The van der Waals surface area contributed by atoms with Gasteiger partial charge in [0.1, 0.15) is 0 Å². The fourth-order valence-corrected chi connectivity index (χ4v) is 3.30. The molecule has 2 rings (SSSR count). The molecule has 1 saturated heterocycles. The van der Waals surface area contributed by atoms with Gasteiger partial charge in [-0.25, -0.2) is 0 Å². The molecule has 2 fully saturated rings. The van der Waals surface area contributed by atoms with Crippen LogP contribution in [0, 0.1) is 11.3 Å². The van der Waals surface area contributed by atoms with Gasteiger partial charge in [-0.05, 0) is 69.5 Å². The fraction of sp³-hybridized carbons (Fsp3) is 1.00. The quantitative estimate of drug-likeness (QED) is 0.781. The van der Waals surface area contributed by atoms with Crippen molar-refractivity contribution in [2.75, 3.05) is 19.6 Å². The zero-order chi connectivity index (χ0) is 11.6. The Morgan fingerprint density at radius 3 is 2.12 bits per heavy atom. The summed E-state index contributed by atoms with van der Waals surface area (Å²) in [6.07, 6.45) is 8.32. The normalized spacial score (nSPS) is 29.4. The van der Waals surface area contributed by atoms with Gasteiger partial charge in [0.05, 0.1) is 0 Å². The van der Waals surface area contributed by atoms with E-state index >= 15 is 0 Å². The van der Waals surface area contributed by atoms with Crippen LogP contribution >= 0.6 is 0 Å². The minimum absolute atomic E-state index is 0.603. The minimum Gasteiger partial charge on any atom is -0.330 e. The molecule has 2 nitrogen and oxygen atoms in total. The second-order valence-electron chi connectivity index (χ2n) is 6.61. The molecule has 0 amide bonds. The number of hydrogen-bond acceptors (Lipinski definition) is 2. The molecule has 0 bridgehead atoms. The van der Waals surface area contributed by atoms with Crippen molar-refractivity contribution < 1.29 is 0 Å². The summed E-state index contributed by atoms with van der Waals surface area (Å²) in [5.41, 5.74) is 6.35. The highest BCUT2D eigenvalue weighted by Gasteiger charge is 2.31. The number of piperidine rings is 1. The summed E-state index contributed by atoms with van der Waals surface area (Å²) in [6, 6.07) is 0.881. The summed E-state index contributed by atoms with van der Waals surface area (Å²) in [4.78, 5) is 2.74. The Morgan fingerprint density at radius 1 is 1.06 bits per heavy atom. The molecule has 1 saturated carbocycles. The van der Waals surface area contributed by atoms with Crippen molar-refractivity contribution in [3.05, 3.63) is 0 Å². The van der Waals surface area contributed by atoms with Crippen molar-refractivity contribution in [3.63, 3.8) is 0 Å². The van der Waals surface area contributed by atoms with Gasteiger partial charge in [0.2, 0.25) is 0 Å². The predicted octanol–water partition coefficient (Wildman–Crippen LogP) is 2.63. The van der Waals surface area contributed by atoms with Crippen LogP contribution in [0.5, 0.6) is 0 Å². The third kappa shape index (κ3) is 2.98. The summed E-state index contributed by atoms with van der Waals surface area (Å²) in [5, 5.41) is 0. The van der Waals surface area contributed by atoms with E-state index in [4.69, 9.17) is 5.73 Å². The number of likely N-dealkylation sites (tertiary alicyclic amines) is 1. The van der Waals surface area contributed by atoms with E-state index in [1.54, 1.807) is 0 Å². The Bertz CT molecular complexity index is 207. The molecule has 2 heteroatoms. The van der Waals surface area contributed by atoms with Gasteiger partial charge in [0, 0.05) is 6.04 Å². The summed E-state index contributed by atoms with van der Waals surface area (Å²) in [7, 11) is 0. The molecule has 1 heterocycles. The van der Waals surface area contributed by atoms with Crippen molar-refractivity contribution in [2.24, 2.45) is 17.1 Å². The third-order valence-electron chi connectivity index (χ3n) is 4.81. The lowest BCUT2D eigenvalue weighted by Crippen LogP contribution is -2.45. The first kappa shape index (κ1) is 12.4. The first-order valence-corrected chi connectivity index (χ1v) is 7.05. The number of nitrogens with two attached hydrogens (primary N) is 1. The van der Waals surface area contributed by atoms with E-state index in [0.29, 0.717) is 5.41 Å². The highest BCUT2D eigenvalue weighted by Crippen LogP contribution is 2.37. The van der Waals surface area contributed by atoms with Crippen molar-refractivity contribution in [2.45, 2.75) is 58.4 Å². The third-order valence-corrected chi connectivity index (χ3v) is 4.81. The largest absolute Gasteiger partial charge is 0.330 e. The molecular formula is C14H28N2. The first-order chi connectivity index (χ1) is 7.61. The standard InChI is InChI=1S/C14H28N2/c1-14(2)7-3-13(4-8-14)16-9-5-12(11-15)6-10-16/h12-13H,3-11,15H2,1-2H3. The number of rotatable bonds is 2. The zero-order valence-electron chi connectivity index (χ0n) is 11.0. The molecule has 2 N–H and O–H groups in total. The maximum atomic E-state index is 5.74. The van der Waals surface area contributed by atoms with Crippen molar-refractivity contribution in [1.82, 2.24) is 4.90 Å². The zero-order valence-corrected chi connectivity index (χ0v) is 11.0. The molecule has 1 aliphatic heterocycles. The van der Waals surface area contributed by atoms with Gasteiger partial charge in [-0.2, -0.15) is 0 Å². The summed E-state index contributed by atoms with van der Waals surface area (Å²) >= 11 is 0. The summed E-state index contributed by atoms with van der Waals surface area (Å²) < 4.78 is 0. The van der Waals surface area contributed by atoms with Gasteiger partial charge < -0.3 is 10.6 Å². The monoisotopic (exact) mass is 224 g/mol. The Labute approximate surface area is 101 Å². The molecule has 2 aliphatic rings. The molecular weight excluding hydrogens is 196 g/mol. The number of nitrogens with zero attached hydrogens (tertiary/aromatic N) is 1. The Morgan fingerprint density at radius 2 is 1.62 bits per heavy atom. The van der Waals surface area contributed by atoms with Crippen LogP contribution in [0.1, 0.15) is 52.4 Å². The van der Waals surface area contributed by atoms with E-state index in [0.717, 1.165) is 18.5 Å². The molecule has 0 aromatic rings. The lowest BCUT2D eigenvalue weighted by molar-refractivity contribution is 0.0770. The van der Waals surface area contributed by atoms with Gasteiger partial charge >= 0.3 is 0 Å². The van der Waals surface area contributed by atoms with E-state index in [9.17, 15) is 0 Å². The minimum atomic E-state index is 0.603. The maximum absolute atomic E-state index is 5.74. The smallest absolute Gasteiger partial charge is 0.00956 e. The van der Waals surface area contributed by atoms with Crippen molar-refractivity contribution in [1.29, 1.82) is 0 Å². The average Bonchev–Trinajstić information content (AvgIpc) is 2.29. The van der Waals surface area contributed by atoms with Gasteiger partial charge in [-0.1, -0.05) is 13.8 Å². The van der Waals surface area contributed by atoms with E-state index in [2.05, 4.69) is 18.7 Å². The summed E-state index contributed by atoms with van der Waals surface area (Å²) in [5.74, 6) is 0.802. The lowest BCUT2D eigenvalue weighted by atomic mass is 9.75. The SMILES string of the molecule is CC1(C)CCC(N2CCC(CN)CC2)CC1. The second kappa shape index (κ2) is 5.05. The van der Waals surface area contributed by atoms with Crippen LogP contribution in [-0.2, 0) is 0 Å². The van der Waals surface area contributed by atoms with E-state index in [1.165, 1.54) is 51.6 Å². The van der Waals surface area contributed by atoms with Crippen LogP contribution in [0.25, 0.3) is 0 Å². The topological polar surface area (TPSA) is 29.3 Å². The average molecular weight is 224 g/mol. The van der Waals surface area contributed by atoms with Crippen LogP contribution < -0.4 is 5.73 Å². The summed E-state index contributed by atoms with van der Waals surface area (Å²) in [6.45, 7) is 8.33. The van der Waals surface area contributed by atoms with E-state index < -0.39 is 0 Å². The Hall–Kier alpha value is -0.0800. The Balaban J connectivity index is 1.78. The van der Waals surface area contributed by atoms with Gasteiger partial charge in [-0.15, -0.1) is 0 Å². The maximum Gasteiger partial charge on any atom is 0.00956 e. The van der Waals surface area contributed by atoms with E-state index in [1.807, 2.05) is 0 Å². The Kier molecular flexibility index (Phi) is 3.91. The van der Waals surface area contributed by atoms with Gasteiger partial charge in [0.25, 0.3) is 0 Å². The highest BCUT2D eigenvalue weighted by atomic mass is 15.2. The van der Waals surface area contributed by atoms with Crippen LogP contribution in [0.3, 0.4) is 0 Å². The van der Waals surface area contributed by atoms with Gasteiger partial charge in [0.15, 0.2) is 0 Å². The molecule has 0 aromatic heterocycles. The molecule has 0 aromatic carbocycles. The van der Waals surface area contributed by atoms with Crippen LogP contribution in [0.15, 0.2) is 0 Å². The van der Waals surface area contributed by atoms with Gasteiger partial charge in [-0.3, -0.25) is 0 Å². The fourth-order valence-electron chi connectivity index (χ4n) is 3.30. The predicted molar refractivity (Wildman–Crippen MR) is 69.4 cm³/mol. The molecule has 16 heavy (non-hydrogen) atoms. The molecule has 0 unspecified atom stereocenters. The van der Waals surface area contributed by atoms with Crippen molar-refractivity contribution >= 4 is 0 Å². The lowest BCUT2D eigenvalue weighted by Gasteiger charge is -2.43. The highest BCUT2D eigenvalue weighted by molar-refractivity contribution is 4.86. The van der Waals surface area contributed by atoms with Crippen LogP contribution in [0.4, 0.5) is 0 Å². The van der Waals surface area contributed by atoms with E-state index in [-0.39, 0.29) is 0 Å².